The fourth-order valence-electron chi connectivity index (χ4n) is 0.951. The Morgan fingerprint density at radius 3 is 2.00 bits per heavy atom. The predicted octanol–water partition coefficient (Wildman–Crippen LogP) is 2.15. The first kappa shape index (κ1) is 13.7. The molecular formula is C12H19NO2. The van der Waals surface area contributed by atoms with Gasteiger partial charge in [-0.1, -0.05) is 43.7 Å². The lowest BCUT2D eigenvalue weighted by Gasteiger charge is -2.03. The van der Waals surface area contributed by atoms with Gasteiger partial charge in [-0.3, -0.25) is 4.79 Å². The summed E-state index contributed by atoms with van der Waals surface area (Å²) in [4.78, 5) is 9.24. The molecule has 1 rings (SSSR count). The summed E-state index contributed by atoms with van der Waals surface area (Å²) < 4.78 is 0. The van der Waals surface area contributed by atoms with Crippen molar-refractivity contribution < 1.29 is 9.90 Å². The highest BCUT2D eigenvalue weighted by Gasteiger charge is 1.95. The molecule has 0 saturated carbocycles. The van der Waals surface area contributed by atoms with Gasteiger partial charge in [0.15, 0.2) is 0 Å². The SMILES string of the molecule is Cc1ccc(C(C)C)cc1.NCC(=O)O. The molecular weight excluding hydrogens is 190 g/mol. The van der Waals surface area contributed by atoms with Gasteiger partial charge in [-0.25, -0.2) is 0 Å². The summed E-state index contributed by atoms with van der Waals surface area (Å²) >= 11 is 0. The van der Waals surface area contributed by atoms with E-state index in [4.69, 9.17) is 5.11 Å². The van der Waals surface area contributed by atoms with Crippen LogP contribution < -0.4 is 5.73 Å². The molecule has 0 aliphatic heterocycles. The second kappa shape index (κ2) is 7.01. The molecule has 0 bridgehead atoms. The zero-order chi connectivity index (χ0) is 11.8. The maximum atomic E-state index is 9.24. The molecule has 0 radical (unpaired) electrons. The number of carboxylic acids is 1. The molecule has 0 saturated heterocycles. The Kier molecular flexibility index (Phi) is 6.38. The summed E-state index contributed by atoms with van der Waals surface area (Å²) in [5, 5.41) is 7.60. The molecule has 0 unspecified atom stereocenters. The molecule has 3 heteroatoms. The van der Waals surface area contributed by atoms with E-state index < -0.39 is 5.97 Å². The van der Waals surface area contributed by atoms with Crippen molar-refractivity contribution >= 4 is 5.97 Å². The van der Waals surface area contributed by atoms with E-state index >= 15 is 0 Å². The largest absolute Gasteiger partial charge is 0.480 e. The van der Waals surface area contributed by atoms with Crippen molar-refractivity contribution in [2.24, 2.45) is 5.73 Å². The molecule has 0 heterocycles. The second-order valence-electron chi connectivity index (χ2n) is 3.66. The third-order valence-corrected chi connectivity index (χ3v) is 1.92. The lowest BCUT2D eigenvalue weighted by Crippen LogP contribution is -2.10. The standard InChI is InChI=1S/C10H14.C2H5NO2/c1-8(2)10-6-4-9(3)5-7-10;3-1-2(4)5/h4-8H,1-3H3;1,3H2,(H,4,5). The molecule has 0 amide bonds. The number of aliphatic carboxylic acids is 1. The number of carbonyl (C=O) groups is 1. The van der Waals surface area contributed by atoms with Gasteiger partial charge in [0.1, 0.15) is 0 Å². The second-order valence-corrected chi connectivity index (χ2v) is 3.66. The normalized spacial score (nSPS) is 9.40. The van der Waals surface area contributed by atoms with Crippen LogP contribution in [-0.2, 0) is 4.79 Å². The summed E-state index contributed by atoms with van der Waals surface area (Å²) in [6, 6.07) is 8.71. The first-order valence-electron chi connectivity index (χ1n) is 4.95. The van der Waals surface area contributed by atoms with Gasteiger partial charge in [-0.2, -0.15) is 0 Å². The monoisotopic (exact) mass is 209 g/mol. The fraction of sp³-hybridized carbons (Fsp3) is 0.417. The average molecular weight is 209 g/mol. The number of aryl methyl sites for hydroxylation is 1. The maximum absolute atomic E-state index is 9.24. The van der Waals surface area contributed by atoms with E-state index in [-0.39, 0.29) is 6.54 Å². The van der Waals surface area contributed by atoms with Crippen molar-refractivity contribution in [1.82, 2.24) is 0 Å². The van der Waals surface area contributed by atoms with Gasteiger partial charge in [0.2, 0.25) is 0 Å². The van der Waals surface area contributed by atoms with E-state index in [2.05, 4.69) is 50.8 Å². The third kappa shape index (κ3) is 6.69. The van der Waals surface area contributed by atoms with Gasteiger partial charge in [0, 0.05) is 0 Å². The van der Waals surface area contributed by atoms with Crippen LogP contribution in [0.3, 0.4) is 0 Å². The van der Waals surface area contributed by atoms with Crippen LogP contribution in [0.1, 0.15) is 30.9 Å². The summed E-state index contributed by atoms with van der Waals surface area (Å²) in [6.07, 6.45) is 0. The van der Waals surface area contributed by atoms with Crippen LogP contribution in [0, 0.1) is 6.92 Å². The number of nitrogens with two attached hydrogens (primary N) is 1. The van der Waals surface area contributed by atoms with E-state index in [9.17, 15) is 4.79 Å². The van der Waals surface area contributed by atoms with Gasteiger partial charge in [0.25, 0.3) is 0 Å². The Morgan fingerprint density at radius 1 is 1.33 bits per heavy atom. The molecule has 0 aliphatic rings. The minimum absolute atomic E-state index is 0.278. The van der Waals surface area contributed by atoms with E-state index in [0.29, 0.717) is 5.92 Å². The molecule has 1 aromatic rings. The number of carboxylic acid groups (broad SMARTS) is 1. The van der Waals surface area contributed by atoms with Crippen LogP contribution >= 0.6 is 0 Å². The van der Waals surface area contributed by atoms with Gasteiger partial charge in [0.05, 0.1) is 6.54 Å². The van der Waals surface area contributed by atoms with Crippen LogP contribution in [0.4, 0.5) is 0 Å². The summed E-state index contributed by atoms with van der Waals surface area (Å²) in [5.74, 6) is -0.314. The molecule has 0 fully saturated rings. The number of hydrogen-bond acceptors (Lipinski definition) is 2. The van der Waals surface area contributed by atoms with Crippen molar-refractivity contribution in [3.63, 3.8) is 0 Å². The Bertz CT molecular complexity index is 291. The van der Waals surface area contributed by atoms with Crippen LogP contribution in [0.2, 0.25) is 0 Å². The van der Waals surface area contributed by atoms with Crippen molar-refractivity contribution in [3.8, 4) is 0 Å². The van der Waals surface area contributed by atoms with Crippen LogP contribution in [-0.4, -0.2) is 17.6 Å². The molecule has 0 spiro atoms. The van der Waals surface area contributed by atoms with Crippen LogP contribution in [0.25, 0.3) is 0 Å². The minimum atomic E-state index is -0.968. The topological polar surface area (TPSA) is 63.3 Å². The van der Waals surface area contributed by atoms with Crippen molar-refractivity contribution in [2.75, 3.05) is 6.54 Å². The van der Waals surface area contributed by atoms with Gasteiger partial charge in [-0.15, -0.1) is 0 Å². The quantitative estimate of drug-likeness (QED) is 0.784. The van der Waals surface area contributed by atoms with E-state index in [1.165, 1.54) is 11.1 Å². The van der Waals surface area contributed by atoms with Crippen LogP contribution in [0.5, 0.6) is 0 Å². The smallest absolute Gasteiger partial charge is 0.317 e. The highest BCUT2D eigenvalue weighted by Crippen LogP contribution is 2.13. The summed E-state index contributed by atoms with van der Waals surface area (Å²) in [5.41, 5.74) is 7.33. The van der Waals surface area contributed by atoms with Crippen LogP contribution in [0.15, 0.2) is 24.3 Å². The molecule has 15 heavy (non-hydrogen) atoms. The zero-order valence-electron chi connectivity index (χ0n) is 9.53. The average Bonchev–Trinajstić information content (AvgIpc) is 2.19. The van der Waals surface area contributed by atoms with E-state index in [1.807, 2.05) is 0 Å². The van der Waals surface area contributed by atoms with Crippen molar-refractivity contribution in [1.29, 1.82) is 0 Å². The first-order chi connectivity index (χ1) is 6.97. The number of benzene rings is 1. The third-order valence-electron chi connectivity index (χ3n) is 1.92. The molecule has 3 nitrogen and oxygen atoms in total. The van der Waals surface area contributed by atoms with Crippen molar-refractivity contribution in [3.05, 3.63) is 35.4 Å². The lowest BCUT2D eigenvalue weighted by atomic mass is 10.0. The summed E-state index contributed by atoms with van der Waals surface area (Å²) in [6.45, 7) is 6.26. The van der Waals surface area contributed by atoms with Crippen molar-refractivity contribution in [2.45, 2.75) is 26.7 Å². The Labute approximate surface area is 90.9 Å². The number of rotatable bonds is 2. The summed E-state index contributed by atoms with van der Waals surface area (Å²) in [7, 11) is 0. The lowest BCUT2D eigenvalue weighted by molar-refractivity contribution is -0.135. The maximum Gasteiger partial charge on any atom is 0.317 e. The molecule has 1 aromatic carbocycles. The van der Waals surface area contributed by atoms with Gasteiger partial charge < -0.3 is 10.8 Å². The molecule has 3 N–H and O–H groups in total. The predicted molar refractivity (Wildman–Crippen MR) is 62.0 cm³/mol. The highest BCUT2D eigenvalue weighted by molar-refractivity contribution is 5.68. The Hall–Kier alpha value is -1.35. The van der Waals surface area contributed by atoms with Gasteiger partial charge in [-0.05, 0) is 18.4 Å². The highest BCUT2D eigenvalue weighted by atomic mass is 16.4. The fourth-order valence-corrected chi connectivity index (χ4v) is 0.951. The Balaban J connectivity index is 0.000000336. The molecule has 84 valence electrons. The zero-order valence-corrected chi connectivity index (χ0v) is 9.53. The molecule has 0 atom stereocenters. The molecule has 0 aromatic heterocycles. The first-order valence-corrected chi connectivity index (χ1v) is 4.95. The van der Waals surface area contributed by atoms with Gasteiger partial charge >= 0.3 is 5.97 Å². The molecule has 0 aliphatic carbocycles. The van der Waals surface area contributed by atoms with E-state index in [1.54, 1.807) is 0 Å². The number of hydrogen-bond donors (Lipinski definition) is 2. The Morgan fingerprint density at radius 2 is 1.73 bits per heavy atom. The minimum Gasteiger partial charge on any atom is -0.480 e. The van der Waals surface area contributed by atoms with E-state index in [0.717, 1.165) is 0 Å².